The lowest BCUT2D eigenvalue weighted by Crippen LogP contribution is -2.10. The zero-order valence-corrected chi connectivity index (χ0v) is 18.8. The fraction of sp³-hybridized carbons (Fsp3) is 0.292. The number of rotatable bonds is 8. The summed E-state index contributed by atoms with van der Waals surface area (Å²) in [6.45, 7) is 4.50. The van der Waals surface area contributed by atoms with E-state index in [0.717, 1.165) is 34.6 Å². The average molecular weight is 442 g/mol. The molecule has 0 spiro atoms. The van der Waals surface area contributed by atoms with Gasteiger partial charge in [-0.15, -0.1) is 0 Å². The second-order valence-corrected chi connectivity index (χ2v) is 9.32. The van der Waals surface area contributed by atoms with Crippen molar-refractivity contribution < 1.29 is 22.7 Å². The Morgan fingerprint density at radius 3 is 2.23 bits per heavy atom. The minimum atomic E-state index is -3.26. The van der Waals surface area contributed by atoms with Crippen molar-refractivity contribution in [1.29, 1.82) is 0 Å². The number of carbonyl (C=O) groups is 1. The van der Waals surface area contributed by atoms with Crippen molar-refractivity contribution in [2.45, 2.75) is 31.6 Å². The fourth-order valence-electron chi connectivity index (χ4n) is 3.38. The van der Waals surface area contributed by atoms with E-state index in [9.17, 15) is 13.2 Å². The monoisotopic (exact) mass is 441 g/mol. The van der Waals surface area contributed by atoms with E-state index in [1.807, 2.05) is 56.3 Å². The Morgan fingerprint density at radius 2 is 1.61 bits per heavy atom. The quantitative estimate of drug-likeness (QED) is 0.462. The number of hydrogen-bond acceptors (Lipinski definition) is 5. The second-order valence-electron chi connectivity index (χ2n) is 7.30. The van der Waals surface area contributed by atoms with Gasteiger partial charge in [-0.2, -0.15) is 0 Å². The topological polar surface area (TPSA) is 74.6 Å². The maximum Gasteiger partial charge on any atom is 0.508 e. The molecule has 0 amide bonds. The summed E-state index contributed by atoms with van der Waals surface area (Å²) >= 11 is 0. The smallest absolute Gasteiger partial charge is 0.434 e. The van der Waals surface area contributed by atoms with Gasteiger partial charge >= 0.3 is 6.16 Å². The number of benzene rings is 2. The molecule has 0 fully saturated rings. The molecule has 0 unspecified atom stereocenters. The summed E-state index contributed by atoms with van der Waals surface area (Å²) in [7, 11) is -3.26. The zero-order valence-electron chi connectivity index (χ0n) is 18.0. The van der Waals surface area contributed by atoms with Crippen LogP contribution in [0.4, 0.5) is 4.79 Å². The van der Waals surface area contributed by atoms with E-state index in [1.54, 1.807) is 12.1 Å². The molecule has 0 radical (unpaired) electrons. The van der Waals surface area contributed by atoms with Gasteiger partial charge in [-0.05, 0) is 54.8 Å². The molecule has 3 aromatic rings. The van der Waals surface area contributed by atoms with Gasteiger partial charge in [0.25, 0.3) is 0 Å². The molecule has 1 heterocycles. The Morgan fingerprint density at radius 1 is 0.968 bits per heavy atom. The van der Waals surface area contributed by atoms with Crippen molar-refractivity contribution in [3.63, 3.8) is 0 Å². The standard InChI is InChI=1S/C24H27NO5S/c1-4-15-29-24(26)30-16-14-20-17-23(19-10-12-22(13-11-19)31(3,27)28)25(18(20)2)21-8-6-5-7-9-21/h5-13,17H,4,14-16H2,1-3H3. The molecule has 164 valence electrons. The van der Waals surface area contributed by atoms with Crippen molar-refractivity contribution in [2.24, 2.45) is 0 Å². The Hall–Kier alpha value is -3.06. The first-order chi connectivity index (χ1) is 14.8. The number of carbonyl (C=O) groups excluding carboxylic acids is 1. The van der Waals surface area contributed by atoms with Crippen LogP contribution < -0.4 is 0 Å². The van der Waals surface area contributed by atoms with Crippen LogP contribution in [0.2, 0.25) is 0 Å². The molecule has 2 aromatic carbocycles. The highest BCUT2D eigenvalue weighted by molar-refractivity contribution is 7.90. The molecule has 31 heavy (non-hydrogen) atoms. The number of nitrogens with zero attached hydrogens (tertiary/aromatic N) is 1. The molecule has 0 N–H and O–H groups in total. The molecule has 7 heteroatoms. The molecule has 3 rings (SSSR count). The van der Waals surface area contributed by atoms with E-state index in [1.165, 1.54) is 6.26 Å². The lowest BCUT2D eigenvalue weighted by atomic mass is 10.1. The molecule has 1 aromatic heterocycles. The molecular weight excluding hydrogens is 414 g/mol. The number of ether oxygens (including phenoxy) is 2. The van der Waals surface area contributed by atoms with Gasteiger partial charge in [-0.3, -0.25) is 0 Å². The Labute approximate surface area is 183 Å². The molecule has 0 bridgehead atoms. The first-order valence-electron chi connectivity index (χ1n) is 10.2. The average Bonchev–Trinajstić information content (AvgIpc) is 3.08. The molecule has 0 saturated heterocycles. The summed E-state index contributed by atoms with van der Waals surface area (Å²) in [4.78, 5) is 11.9. The summed E-state index contributed by atoms with van der Waals surface area (Å²) in [5.41, 5.74) is 4.89. The Kier molecular flexibility index (Phi) is 7.17. The highest BCUT2D eigenvalue weighted by Crippen LogP contribution is 2.30. The van der Waals surface area contributed by atoms with Crippen LogP contribution in [0, 0.1) is 6.92 Å². The predicted molar refractivity (Wildman–Crippen MR) is 120 cm³/mol. The molecule has 0 aliphatic rings. The lowest BCUT2D eigenvalue weighted by Gasteiger charge is -2.13. The van der Waals surface area contributed by atoms with E-state index in [-0.39, 0.29) is 11.5 Å². The van der Waals surface area contributed by atoms with Crippen LogP contribution in [0.3, 0.4) is 0 Å². The van der Waals surface area contributed by atoms with Crippen molar-refractivity contribution in [3.8, 4) is 16.9 Å². The van der Waals surface area contributed by atoms with Gasteiger partial charge < -0.3 is 14.0 Å². The second kappa shape index (κ2) is 9.83. The van der Waals surface area contributed by atoms with Crippen LogP contribution in [-0.2, 0) is 25.7 Å². The van der Waals surface area contributed by atoms with E-state index in [0.29, 0.717) is 13.0 Å². The van der Waals surface area contributed by atoms with Crippen molar-refractivity contribution >= 4 is 16.0 Å². The van der Waals surface area contributed by atoms with Crippen LogP contribution in [0.25, 0.3) is 16.9 Å². The summed E-state index contributed by atoms with van der Waals surface area (Å²) in [6.07, 6.45) is 1.83. The highest BCUT2D eigenvalue weighted by atomic mass is 32.2. The lowest BCUT2D eigenvalue weighted by molar-refractivity contribution is 0.0561. The largest absolute Gasteiger partial charge is 0.508 e. The molecule has 0 aliphatic carbocycles. The van der Waals surface area contributed by atoms with Crippen LogP contribution in [0.5, 0.6) is 0 Å². The maximum atomic E-state index is 11.8. The molecule has 0 aliphatic heterocycles. The third-order valence-electron chi connectivity index (χ3n) is 4.96. The normalized spacial score (nSPS) is 11.3. The summed E-state index contributed by atoms with van der Waals surface area (Å²) in [6, 6.07) is 18.9. The molecule has 6 nitrogen and oxygen atoms in total. The molecule has 0 atom stereocenters. The van der Waals surface area contributed by atoms with Crippen molar-refractivity contribution in [1.82, 2.24) is 4.57 Å². The Balaban J connectivity index is 1.92. The predicted octanol–water partition coefficient (Wildman–Crippen LogP) is 4.96. The number of aromatic nitrogens is 1. The third-order valence-corrected chi connectivity index (χ3v) is 6.09. The van der Waals surface area contributed by atoms with Gasteiger partial charge in [0.1, 0.15) is 0 Å². The van der Waals surface area contributed by atoms with Crippen LogP contribution in [-0.4, -0.2) is 38.6 Å². The number of hydrogen-bond donors (Lipinski definition) is 0. The highest BCUT2D eigenvalue weighted by Gasteiger charge is 2.16. The Bertz CT molecular complexity index is 1130. The summed E-state index contributed by atoms with van der Waals surface area (Å²) in [5.74, 6) is 0. The fourth-order valence-corrected chi connectivity index (χ4v) is 4.01. The van der Waals surface area contributed by atoms with Gasteiger partial charge in [0.15, 0.2) is 9.84 Å². The zero-order chi connectivity index (χ0) is 22.4. The van der Waals surface area contributed by atoms with Gasteiger partial charge in [0.2, 0.25) is 0 Å². The van der Waals surface area contributed by atoms with Gasteiger partial charge in [0, 0.05) is 24.1 Å². The third kappa shape index (κ3) is 5.55. The first-order valence-corrected chi connectivity index (χ1v) is 12.1. The number of para-hydroxylation sites is 1. The van der Waals surface area contributed by atoms with E-state index >= 15 is 0 Å². The van der Waals surface area contributed by atoms with Crippen LogP contribution in [0.15, 0.2) is 65.6 Å². The minimum Gasteiger partial charge on any atom is -0.434 e. The van der Waals surface area contributed by atoms with E-state index in [4.69, 9.17) is 9.47 Å². The van der Waals surface area contributed by atoms with Crippen LogP contribution in [0.1, 0.15) is 24.6 Å². The van der Waals surface area contributed by atoms with Crippen molar-refractivity contribution in [3.05, 3.63) is 71.9 Å². The minimum absolute atomic E-state index is 0.217. The van der Waals surface area contributed by atoms with Gasteiger partial charge in [-0.1, -0.05) is 37.3 Å². The van der Waals surface area contributed by atoms with Gasteiger partial charge in [-0.25, -0.2) is 13.2 Å². The first kappa shape index (κ1) is 22.6. The van der Waals surface area contributed by atoms with E-state index in [2.05, 4.69) is 10.6 Å². The maximum absolute atomic E-state index is 11.8. The van der Waals surface area contributed by atoms with Gasteiger partial charge in [0.05, 0.1) is 23.8 Å². The summed E-state index contributed by atoms with van der Waals surface area (Å²) < 4.78 is 35.9. The number of sulfone groups is 1. The van der Waals surface area contributed by atoms with Crippen LogP contribution >= 0.6 is 0 Å². The molecular formula is C24H27NO5S. The molecule has 0 saturated carbocycles. The van der Waals surface area contributed by atoms with Crippen molar-refractivity contribution in [2.75, 3.05) is 19.5 Å². The summed E-state index contributed by atoms with van der Waals surface area (Å²) in [5, 5.41) is 0. The SMILES string of the molecule is CCCOC(=O)OCCc1cc(-c2ccc(S(C)(=O)=O)cc2)n(-c2ccccc2)c1C. The van der Waals surface area contributed by atoms with E-state index < -0.39 is 16.0 Å².